The molecule has 9 nitrogen and oxygen atoms in total. The third-order valence-electron chi connectivity index (χ3n) is 4.58. The summed E-state index contributed by atoms with van der Waals surface area (Å²) in [6, 6.07) is 13.0. The van der Waals surface area contributed by atoms with Crippen LogP contribution in [0.2, 0.25) is 0 Å². The van der Waals surface area contributed by atoms with Crippen molar-refractivity contribution in [1.82, 2.24) is 10.1 Å². The van der Waals surface area contributed by atoms with E-state index in [0.29, 0.717) is 52.7 Å². The van der Waals surface area contributed by atoms with Crippen molar-refractivity contribution in [3.8, 4) is 17.1 Å². The molecule has 0 spiro atoms. The maximum atomic E-state index is 12.0. The first-order chi connectivity index (χ1) is 17.0. The number of carbonyl (C=O) groups is 1. The van der Waals surface area contributed by atoms with Gasteiger partial charge in [-0.1, -0.05) is 17.8 Å². The van der Waals surface area contributed by atoms with E-state index in [0.717, 1.165) is 11.1 Å². The third kappa shape index (κ3) is 7.11. The van der Waals surface area contributed by atoms with E-state index < -0.39 is 6.09 Å². The molecule has 10 heteroatoms. The number of aromatic nitrogens is 2. The zero-order chi connectivity index (χ0) is 25.2. The number of hydrogen-bond acceptors (Lipinski definition) is 9. The minimum atomic E-state index is -0.721. The van der Waals surface area contributed by atoms with Crippen molar-refractivity contribution in [2.45, 2.75) is 13.5 Å². The maximum absolute atomic E-state index is 12.0. The first-order valence-electron chi connectivity index (χ1n) is 10.5. The molecule has 0 aliphatic rings. The monoisotopic (exact) mass is 494 g/mol. The summed E-state index contributed by atoms with van der Waals surface area (Å²) < 4.78 is 20.9. The van der Waals surface area contributed by atoms with Crippen LogP contribution in [0, 0.1) is 6.92 Å². The van der Waals surface area contributed by atoms with Crippen LogP contribution in [0.5, 0.6) is 5.75 Å². The smallest absolute Gasteiger partial charge is 0.434 e. The van der Waals surface area contributed by atoms with Gasteiger partial charge in [-0.2, -0.15) is 9.98 Å². The van der Waals surface area contributed by atoms with Gasteiger partial charge in [0.15, 0.2) is 0 Å². The fraction of sp³-hybridized carbons (Fsp3) is 0.240. The van der Waals surface area contributed by atoms with E-state index in [9.17, 15) is 4.79 Å². The minimum absolute atomic E-state index is 0.338. The van der Waals surface area contributed by atoms with E-state index in [4.69, 9.17) is 23.7 Å². The Balaban J connectivity index is 2.11. The standard InChI is InChI=1S/C25H26N4O5S/c1-6-11-33-21-13-17(15-31-3)12-19(14-21)22(24(35-5)28-25(30)32-4)27-20-9-7-18(8-10-20)23-26-16(2)34-29-23/h6-10,12-14H,1,11,15H2,2-5H3/b27-22?,28-24-. The summed E-state index contributed by atoms with van der Waals surface area (Å²) in [7, 11) is 2.89. The van der Waals surface area contributed by atoms with Crippen LogP contribution >= 0.6 is 11.8 Å². The van der Waals surface area contributed by atoms with E-state index in [1.807, 2.05) is 48.7 Å². The number of benzene rings is 2. The van der Waals surface area contributed by atoms with Crippen LogP contribution in [0.1, 0.15) is 17.0 Å². The first-order valence-corrected chi connectivity index (χ1v) is 11.8. The molecule has 0 saturated carbocycles. The SMILES string of the molecule is C=CCOc1cc(COC)cc(C(=Nc2ccc(-c3noc(C)n3)cc2)/C(=N/C(=O)OC)SC)c1. The Morgan fingerprint density at radius 1 is 1.20 bits per heavy atom. The van der Waals surface area contributed by atoms with Crippen LogP contribution in [0.4, 0.5) is 10.5 Å². The van der Waals surface area contributed by atoms with Gasteiger partial charge in [0, 0.05) is 25.2 Å². The van der Waals surface area contributed by atoms with Gasteiger partial charge in [0.05, 0.1) is 19.4 Å². The van der Waals surface area contributed by atoms with Crippen molar-refractivity contribution in [1.29, 1.82) is 0 Å². The van der Waals surface area contributed by atoms with E-state index in [1.54, 1.807) is 20.1 Å². The molecule has 0 aliphatic carbocycles. The van der Waals surface area contributed by atoms with Gasteiger partial charge in [-0.3, -0.25) is 0 Å². The number of aliphatic imine (C=N–C) groups is 2. The summed E-state index contributed by atoms with van der Waals surface area (Å²) in [6.07, 6.45) is 2.75. The Morgan fingerprint density at radius 2 is 1.97 bits per heavy atom. The Morgan fingerprint density at radius 3 is 2.57 bits per heavy atom. The number of methoxy groups -OCH3 is 2. The summed E-state index contributed by atoms with van der Waals surface area (Å²) in [5, 5.41) is 4.33. The molecule has 0 atom stereocenters. The fourth-order valence-electron chi connectivity index (χ4n) is 3.08. The van der Waals surface area contributed by atoms with Gasteiger partial charge in [0.25, 0.3) is 0 Å². The van der Waals surface area contributed by atoms with Gasteiger partial charge in [-0.05, 0) is 54.3 Å². The van der Waals surface area contributed by atoms with Crippen LogP contribution in [-0.4, -0.2) is 54.1 Å². The molecule has 3 rings (SSSR count). The normalized spacial score (nSPS) is 11.9. The largest absolute Gasteiger partial charge is 0.490 e. The molecule has 35 heavy (non-hydrogen) atoms. The van der Waals surface area contributed by atoms with Gasteiger partial charge in [-0.25, -0.2) is 9.79 Å². The van der Waals surface area contributed by atoms with Crippen molar-refractivity contribution >= 4 is 34.3 Å². The van der Waals surface area contributed by atoms with Gasteiger partial charge in [0.2, 0.25) is 11.7 Å². The topological polar surface area (TPSA) is 108 Å². The van der Waals surface area contributed by atoms with Crippen molar-refractivity contribution in [3.63, 3.8) is 0 Å². The molecule has 0 bridgehead atoms. The Labute approximate surface area is 207 Å². The second kappa shape index (κ2) is 12.6. The van der Waals surface area contributed by atoms with E-state index in [2.05, 4.69) is 21.7 Å². The van der Waals surface area contributed by atoms with E-state index in [-0.39, 0.29) is 0 Å². The Kier molecular flexibility index (Phi) is 9.33. The zero-order valence-electron chi connectivity index (χ0n) is 20.0. The summed E-state index contributed by atoms with van der Waals surface area (Å²) in [6.45, 7) is 6.14. The van der Waals surface area contributed by atoms with Gasteiger partial charge in [0.1, 0.15) is 23.1 Å². The lowest BCUT2D eigenvalue weighted by Gasteiger charge is -2.13. The zero-order valence-corrected chi connectivity index (χ0v) is 20.8. The van der Waals surface area contributed by atoms with Crippen LogP contribution < -0.4 is 4.74 Å². The average Bonchev–Trinajstić information content (AvgIpc) is 3.31. The average molecular weight is 495 g/mol. The lowest BCUT2D eigenvalue weighted by molar-refractivity contribution is 0.182. The maximum Gasteiger partial charge on any atom is 0.434 e. The lowest BCUT2D eigenvalue weighted by atomic mass is 10.1. The summed E-state index contributed by atoms with van der Waals surface area (Å²) in [4.78, 5) is 25.2. The molecule has 0 radical (unpaired) electrons. The predicted molar refractivity (Wildman–Crippen MR) is 137 cm³/mol. The number of thioether (sulfide) groups is 1. The van der Waals surface area contributed by atoms with Gasteiger partial charge >= 0.3 is 6.09 Å². The molecule has 1 heterocycles. The molecule has 3 aromatic rings. The molecule has 1 aromatic heterocycles. The van der Waals surface area contributed by atoms with E-state index >= 15 is 0 Å². The molecule has 0 fully saturated rings. The van der Waals surface area contributed by atoms with Gasteiger partial charge in [-0.15, -0.1) is 11.8 Å². The first kappa shape index (κ1) is 25.9. The number of ether oxygens (including phenoxy) is 3. The molecule has 1 amide bonds. The highest BCUT2D eigenvalue weighted by Crippen LogP contribution is 2.25. The number of amides is 1. The van der Waals surface area contributed by atoms with Crippen molar-refractivity contribution in [3.05, 3.63) is 72.1 Å². The number of aryl methyl sites for hydroxylation is 1. The molecule has 0 aliphatic heterocycles. The quantitative estimate of drug-likeness (QED) is 0.221. The lowest BCUT2D eigenvalue weighted by Crippen LogP contribution is -2.15. The Hall–Kier alpha value is -3.76. The predicted octanol–water partition coefficient (Wildman–Crippen LogP) is 5.40. The van der Waals surface area contributed by atoms with Crippen molar-refractivity contribution in [2.24, 2.45) is 9.98 Å². The molecule has 182 valence electrons. The minimum Gasteiger partial charge on any atom is -0.490 e. The second-order valence-corrected chi connectivity index (χ2v) is 7.93. The van der Waals surface area contributed by atoms with Crippen LogP contribution in [-0.2, 0) is 16.1 Å². The Bertz CT molecular complexity index is 1230. The summed E-state index contributed by atoms with van der Waals surface area (Å²) in [5.41, 5.74) is 3.48. The number of carbonyl (C=O) groups excluding carboxylic acids is 1. The van der Waals surface area contributed by atoms with Gasteiger partial charge < -0.3 is 18.7 Å². The molecular formula is C25H26N4O5S. The molecule has 0 unspecified atom stereocenters. The second-order valence-electron chi connectivity index (χ2n) is 7.13. The van der Waals surface area contributed by atoms with Crippen molar-refractivity contribution in [2.75, 3.05) is 27.1 Å². The summed E-state index contributed by atoms with van der Waals surface area (Å²) in [5.74, 6) is 1.59. The highest BCUT2D eigenvalue weighted by atomic mass is 32.2. The molecule has 2 aromatic carbocycles. The highest BCUT2D eigenvalue weighted by molar-refractivity contribution is 8.15. The van der Waals surface area contributed by atoms with Crippen LogP contribution in [0.3, 0.4) is 0 Å². The molecular weight excluding hydrogens is 468 g/mol. The van der Waals surface area contributed by atoms with Crippen LogP contribution in [0.15, 0.2) is 69.6 Å². The fourth-order valence-corrected chi connectivity index (χ4v) is 3.60. The highest BCUT2D eigenvalue weighted by Gasteiger charge is 2.17. The number of rotatable bonds is 9. The van der Waals surface area contributed by atoms with Crippen LogP contribution in [0.25, 0.3) is 11.4 Å². The molecule has 0 saturated heterocycles. The third-order valence-corrected chi connectivity index (χ3v) is 5.25. The number of nitrogens with zero attached hydrogens (tertiary/aromatic N) is 4. The van der Waals surface area contributed by atoms with Crippen molar-refractivity contribution < 1.29 is 23.5 Å². The van der Waals surface area contributed by atoms with E-state index in [1.165, 1.54) is 18.9 Å². The molecule has 0 N–H and O–H groups in total. The summed E-state index contributed by atoms with van der Waals surface area (Å²) >= 11 is 1.28. The number of hydrogen-bond donors (Lipinski definition) is 0.